The summed E-state index contributed by atoms with van der Waals surface area (Å²) in [6.45, 7) is 22.5. The number of benzene rings is 5. The number of nitrogens with zero attached hydrogens (tertiary/aromatic N) is 2. The third kappa shape index (κ3) is 6.99. The molecule has 45 heavy (non-hydrogen) atoms. The van der Waals surface area contributed by atoms with Crippen molar-refractivity contribution in [2.24, 2.45) is 0 Å². The molecule has 0 radical (unpaired) electrons. The Hall–Kier alpha value is -3.57. The molecule has 0 unspecified atom stereocenters. The Morgan fingerprint density at radius 3 is 1.02 bits per heavy atom. The maximum atomic E-state index is 2.42. The molecule has 0 amide bonds. The third-order valence-electron chi connectivity index (χ3n) is 8.69. The third-order valence-corrected chi connectivity index (χ3v) is 9.31. The van der Waals surface area contributed by atoms with E-state index < -0.39 is 0 Å². The van der Waals surface area contributed by atoms with Gasteiger partial charge >= 0.3 is 0 Å². The molecule has 0 aromatic heterocycles. The van der Waals surface area contributed by atoms with Gasteiger partial charge in [0.2, 0.25) is 0 Å². The van der Waals surface area contributed by atoms with Crippen LogP contribution in [0, 0.1) is 31.3 Å². The zero-order chi connectivity index (χ0) is 32.7. The summed E-state index contributed by atoms with van der Waals surface area (Å²) in [5, 5.41) is 0. The molecule has 2 nitrogen and oxygen atoms in total. The van der Waals surface area contributed by atoms with Gasteiger partial charge in [-0.2, -0.15) is 0 Å². The molecule has 5 aromatic rings. The summed E-state index contributed by atoms with van der Waals surface area (Å²) in [5.74, 6) is 0. The van der Waals surface area contributed by atoms with Crippen LogP contribution in [0.1, 0.15) is 74.9 Å². The molecule has 0 atom stereocenters. The molecule has 232 valence electrons. The van der Waals surface area contributed by atoms with Crippen LogP contribution in [0.2, 0.25) is 0 Å². The van der Waals surface area contributed by atoms with E-state index in [1.54, 1.807) is 0 Å². The van der Waals surface area contributed by atoms with E-state index in [1.807, 2.05) is 0 Å². The molecule has 0 aliphatic carbocycles. The highest BCUT2D eigenvalue weighted by Gasteiger charge is 2.22. The molecule has 0 bridgehead atoms. The Morgan fingerprint density at radius 1 is 0.422 bits per heavy atom. The predicted octanol–water partition coefficient (Wildman–Crippen LogP) is 13.1. The molecule has 0 N–H and O–H groups in total. The lowest BCUT2D eigenvalue weighted by Gasteiger charge is -2.32. The standard InChI is InChI=1S/C42H47IN2/c1-28-12-11-13-29(2)39(28)44(35-18-14-32(15-19-35)41(5,6)7)37-22-24-38(25-23-37)45(40-30(3)26-34(43)27-31(40)4)36-20-16-33(17-21-36)42(8,9)10/h11-27H,1-10H3. The number of halogens is 1. The Kier molecular flexibility index (Phi) is 9.24. The highest BCUT2D eigenvalue weighted by atomic mass is 127. The Morgan fingerprint density at radius 2 is 0.711 bits per heavy atom. The van der Waals surface area contributed by atoms with Gasteiger partial charge in [-0.15, -0.1) is 0 Å². The molecular formula is C42H47IN2. The summed E-state index contributed by atoms with van der Waals surface area (Å²) in [5.41, 5.74) is 15.0. The van der Waals surface area contributed by atoms with Crippen molar-refractivity contribution in [3.63, 3.8) is 0 Å². The van der Waals surface area contributed by atoms with E-state index in [1.165, 1.54) is 48.3 Å². The van der Waals surface area contributed by atoms with Gasteiger partial charge in [0.15, 0.2) is 0 Å². The van der Waals surface area contributed by atoms with Crippen LogP contribution in [-0.4, -0.2) is 0 Å². The monoisotopic (exact) mass is 706 g/mol. The first-order valence-corrected chi connectivity index (χ1v) is 17.0. The van der Waals surface area contributed by atoms with E-state index in [9.17, 15) is 0 Å². The Balaban J connectivity index is 1.65. The fourth-order valence-electron chi connectivity index (χ4n) is 6.20. The van der Waals surface area contributed by atoms with Crippen molar-refractivity contribution < 1.29 is 0 Å². The van der Waals surface area contributed by atoms with Gasteiger partial charge in [0.1, 0.15) is 0 Å². The zero-order valence-electron chi connectivity index (χ0n) is 28.6. The van der Waals surface area contributed by atoms with Gasteiger partial charge in [-0.05, 0) is 155 Å². The largest absolute Gasteiger partial charge is 0.310 e. The minimum Gasteiger partial charge on any atom is -0.310 e. The second-order valence-electron chi connectivity index (χ2n) is 14.4. The van der Waals surface area contributed by atoms with Crippen LogP contribution >= 0.6 is 22.6 Å². The first-order chi connectivity index (χ1) is 21.1. The normalized spacial score (nSPS) is 11.9. The van der Waals surface area contributed by atoms with Crippen LogP contribution in [0.5, 0.6) is 0 Å². The number of para-hydroxylation sites is 1. The van der Waals surface area contributed by atoms with E-state index >= 15 is 0 Å². The maximum Gasteiger partial charge on any atom is 0.0520 e. The van der Waals surface area contributed by atoms with E-state index in [0.717, 1.165) is 22.7 Å². The van der Waals surface area contributed by atoms with Crippen molar-refractivity contribution in [1.29, 1.82) is 0 Å². The summed E-state index contributed by atoms with van der Waals surface area (Å²) in [4.78, 5) is 4.82. The fourth-order valence-corrected chi connectivity index (χ4v) is 7.13. The van der Waals surface area contributed by atoms with Gasteiger partial charge < -0.3 is 9.80 Å². The summed E-state index contributed by atoms with van der Waals surface area (Å²) in [7, 11) is 0. The van der Waals surface area contributed by atoms with E-state index in [-0.39, 0.29) is 10.8 Å². The number of hydrogen-bond donors (Lipinski definition) is 0. The number of rotatable bonds is 6. The van der Waals surface area contributed by atoms with E-state index in [4.69, 9.17) is 0 Å². The summed E-state index contributed by atoms with van der Waals surface area (Å²) in [6, 6.07) is 38.4. The number of anilines is 6. The van der Waals surface area contributed by atoms with Gasteiger partial charge in [0.05, 0.1) is 11.4 Å². The summed E-state index contributed by atoms with van der Waals surface area (Å²) < 4.78 is 1.26. The lowest BCUT2D eigenvalue weighted by Crippen LogP contribution is -2.16. The Bertz CT molecular complexity index is 1740. The molecule has 0 fully saturated rings. The van der Waals surface area contributed by atoms with Crippen LogP contribution < -0.4 is 9.80 Å². The van der Waals surface area contributed by atoms with E-state index in [2.05, 4.69) is 205 Å². The van der Waals surface area contributed by atoms with Crippen molar-refractivity contribution in [2.45, 2.75) is 80.1 Å². The second-order valence-corrected chi connectivity index (χ2v) is 15.7. The van der Waals surface area contributed by atoms with Crippen molar-refractivity contribution in [3.05, 3.63) is 140 Å². The highest BCUT2D eigenvalue weighted by Crippen LogP contribution is 2.43. The number of hydrogen-bond acceptors (Lipinski definition) is 2. The lowest BCUT2D eigenvalue weighted by atomic mass is 9.87. The molecule has 0 heterocycles. The van der Waals surface area contributed by atoms with Gasteiger partial charge in [0.25, 0.3) is 0 Å². The van der Waals surface area contributed by atoms with Crippen LogP contribution in [0.3, 0.4) is 0 Å². The highest BCUT2D eigenvalue weighted by molar-refractivity contribution is 14.1. The first-order valence-electron chi connectivity index (χ1n) is 15.9. The van der Waals surface area contributed by atoms with Gasteiger partial charge in [-0.1, -0.05) is 84.0 Å². The molecule has 0 saturated heterocycles. The van der Waals surface area contributed by atoms with Crippen molar-refractivity contribution in [1.82, 2.24) is 0 Å². The maximum absolute atomic E-state index is 2.42. The van der Waals surface area contributed by atoms with Gasteiger partial charge in [0, 0.05) is 26.3 Å². The molecular weight excluding hydrogens is 659 g/mol. The fraction of sp³-hybridized carbons (Fsp3) is 0.286. The van der Waals surface area contributed by atoms with Crippen LogP contribution in [0.4, 0.5) is 34.1 Å². The van der Waals surface area contributed by atoms with Crippen LogP contribution in [-0.2, 0) is 10.8 Å². The molecule has 5 aromatic carbocycles. The van der Waals surface area contributed by atoms with Crippen LogP contribution in [0.15, 0.2) is 103 Å². The van der Waals surface area contributed by atoms with Crippen molar-refractivity contribution >= 4 is 56.7 Å². The zero-order valence-corrected chi connectivity index (χ0v) is 30.7. The van der Waals surface area contributed by atoms with Gasteiger partial charge in [-0.25, -0.2) is 0 Å². The Labute approximate surface area is 285 Å². The van der Waals surface area contributed by atoms with Crippen LogP contribution in [0.25, 0.3) is 0 Å². The average Bonchev–Trinajstić information content (AvgIpc) is 2.96. The average molecular weight is 707 g/mol. The first kappa shape index (κ1) is 32.8. The molecule has 0 saturated carbocycles. The molecule has 0 aliphatic rings. The predicted molar refractivity (Wildman–Crippen MR) is 205 cm³/mol. The minimum absolute atomic E-state index is 0.0992. The molecule has 3 heteroatoms. The van der Waals surface area contributed by atoms with Crippen molar-refractivity contribution in [3.8, 4) is 0 Å². The second kappa shape index (κ2) is 12.7. The quantitative estimate of drug-likeness (QED) is 0.162. The van der Waals surface area contributed by atoms with Crippen molar-refractivity contribution in [2.75, 3.05) is 9.80 Å². The lowest BCUT2D eigenvalue weighted by molar-refractivity contribution is 0.590. The summed E-state index contributed by atoms with van der Waals surface area (Å²) in [6.07, 6.45) is 0. The molecule has 0 spiro atoms. The van der Waals surface area contributed by atoms with Gasteiger partial charge in [-0.3, -0.25) is 0 Å². The summed E-state index contributed by atoms with van der Waals surface area (Å²) >= 11 is 2.42. The smallest absolute Gasteiger partial charge is 0.0520 e. The van der Waals surface area contributed by atoms with E-state index in [0.29, 0.717) is 0 Å². The molecule has 5 rings (SSSR count). The SMILES string of the molecule is Cc1cccc(C)c1N(c1ccc(N(c2ccc(C(C)(C)C)cc2)c2c(C)cc(I)cc2C)cc1)c1ccc(C(C)(C)C)cc1. The molecule has 0 aliphatic heterocycles. The minimum atomic E-state index is 0.0992. The topological polar surface area (TPSA) is 6.48 Å². The number of aryl methyl sites for hydroxylation is 4.